The first-order valence-corrected chi connectivity index (χ1v) is 11.3. The van der Waals surface area contributed by atoms with Crippen LogP contribution in [0.3, 0.4) is 0 Å². The first-order valence-electron chi connectivity index (χ1n) is 9.42. The van der Waals surface area contributed by atoms with Gasteiger partial charge in [0.1, 0.15) is 11.9 Å². The summed E-state index contributed by atoms with van der Waals surface area (Å²) in [5, 5.41) is 0. The fraction of sp³-hybridized carbons (Fsp3) is 0.632. The summed E-state index contributed by atoms with van der Waals surface area (Å²) in [6.45, 7) is 2.39. The van der Waals surface area contributed by atoms with E-state index in [2.05, 4.69) is 4.90 Å². The van der Waals surface area contributed by atoms with E-state index in [-0.39, 0.29) is 12.0 Å². The second kappa shape index (κ2) is 8.16. The van der Waals surface area contributed by atoms with Crippen LogP contribution < -0.4 is 4.74 Å². The number of ether oxygens (including phenoxy) is 1. The fourth-order valence-electron chi connectivity index (χ4n) is 3.73. The number of likely N-dealkylation sites (N-methyl/N-ethyl adjacent to an activating group) is 1. The van der Waals surface area contributed by atoms with Crippen molar-refractivity contribution in [2.75, 3.05) is 46.5 Å². The summed E-state index contributed by atoms with van der Waals surface area (Å²) >= 11 is 0. The number of hydrogen-bond acceptors (Lipinski definition) is 5. The Morgan fingerprint density at radius 2 is 1.78 bits per heavy atom. The number of sulfonamides is 1. The van der Waals surface area contributed by atoms with Gasteiger partial charge in [-0.15, -0.1) is 0 Å². The summed E-state index contributed by atoms with van der Waals surface area (Å²) in [6, 6.07) is 7.75. The van der Waals surface area contributed by atoms with Gasteiger partial charge < -0.3 is 14.5 Å². The molecule has 0 aromatic heterocycles. The second-order valence-corrected chi connectivity index (χ2v) is 9.62. The molecule has 0 radical (unpaired) electrons. The van der Waals surface area contributed by atoms with Gasteiger partial charge in [0, 0.05) is 32.2 Å². The van der Waals surface area contributed by atoms with E-state index >= 15 is 0 Å². The third-order valence-corrected chi connectivity index (χ3v) is 6.77. The van der Waals surface area contributed by atoms with Crippen molar-refractivity contribution in [1.29, 1.82) is 0 Å². The van der Waals surface area contributed by atoms with E-state index in [0.717, 1.165) is 19.5 Å². The van der Waals surface area contributed by atoms with Gasteiger partial charge in [0.2, 0.25) is 10.0 Å². The first-order chi connectivity index (χ1) is 12.8. The van der Waals surface area contributed by atoms with Gasteiger partial charge in [-0.1, -0.05) is 12.1 Å². The molecule has 2 aliphatic heterocycles. The monoisotopic (exact) mass is 395 g/mol. The molecule has 150 valence electrons. The summed E-state index contributed by atoms with van der Waals surface area (Å²) in [4.78, 5) is 17.0. The Morgan fingerprint density at radius 3 is 2.37 bits per heavy atom. The lowest BCUT2D eigenvalue weighted by Gasteiger charge is -2.31. The predicted molar refractivity (Wildman–Crippen MR) is 105 cm³/mol. The molecular formula is C19H29N3O4S. The average molecular weight is 396 g/mol. The van der Waals surface area contributed by atoms with E-state index < -0.39 is 10.0 Å². The fourth-order valence-corrected chi connectivity index (χ4v) is 4.60. The number of likely N-dealkylation sites (tertiary alicyclic amines) is 1. The molecule has 0 saturated carbocycles. The summed E-state index contributed by atoms with van der Waals surface area (Å²) < 4.78 is 30.9. The number of carbonyl (C=O) groups excluding carboxylic acids is 1. The molecule has 8 heteroatoms. The molecule has 0 aliphatic carbocycles. The van der Waals surface area contributed by atoms with Crippen LogP contribution in [0.4, 0.5) is 0 Å². The van der Waals surface area contributed by atoms with Crippen LogP contribution in [-0.2, 0) is 10.0 Å². The summed E-state index contributed by atoms with van der Waals surface area (Å²) in [5.41, 5.74) is 0.586. The molecule has 2 heterocycles. The topological polar surface area (TPSA) is 70.2 Å². The molecule has 0 N–H and O–H groups in total. The number of amides is 1. The quantitative estimate of drug-likeness (QED) is 0.751. The number of hydrogen-bond donors (Lipinski definition) is 0. The van der Waals surface area contributed by atoms with Crippen LogP contribution in [0.5, 0.6) is 5.75 Å². The van der Waals surface area contributed by atoms with Crippen LogP contribution in [0, 0.1) is 0 Å². The Kier molecular flexibility index (Phi) is 6.08. The molecule has 1 amide bonds. The van der Waals surface area contributed by atoms with Gasteiger partial charge in [0.25, 0.3) is 5.91 Å². The molecule has 0 spiro atoms. The van der Waals surface area contributed by atoms with E-state index in [1.165, 1.54) is 10.6 Å². The lowest BCUT2D eigenvalue weighted by molar-refractivity contribution is 0.0770. The van der Waals surface area contributed by atoms with Crippen LogP contribution in [-0.4, -0.2) is 87.1 Å². The number of nitrogens with zero attached hydrogens (tertiary/aromatic N) is 3. The highest BCUT2D eigenvalue weighted by molar-refractivity contribution is 7.88. The molecule has 1 atom stereocenters. The van der Waals surface area contributed by atoms with Gasteiger partial charge in [-0.25, -0.2) is 12.7 Å². The molecule has 2 fully saturated rings. The van der Waals surface area contributed by atoms with Crippen LogP contribution >= 0.6 is 0 Å². The molecule has 3 rings (SSSR count). The molecule has 0 unspecified atom stereocenters. The van der Waals surface area contributed by atoms with E-state index in [1.807, 2.05) is 43.3 Å². The molecule has 0 bridgehead atoms. The summed E-state index contributed by atoms with van der Waals surface area (Å²) in [6.07, 6.45) is 3.39. The molecule has 2 aliphatic rings. The highest BCUT2D eigenvalue weighted by Gasteiger charge is 2.31. The lowest BCUT2D eigenvalue weighted by Crippen LogP contribution is -2.41. The van der Waals surface area contributed by atoms with Crippen LogP contribution in [0.2, 0.25) is 0 Å². The van der Waals surface area contributed by atoms with Crippen molar-refractivity contribution in [3.8, 4) is 5.75 Å². The molecular weight excluding hydrogens is 366 g/mol. The van der Waals surface area contributed by atoms with Crippen molar-refractivity contribution >= 4 is 15.9 Å². The number of benzene rings is 1. The third kappa shape index (κ3) is 4.80. The smallest absolute Gasteiger partial charge is 0.257 e. The highest BCUT2D eigenvalue weighted by Crippen LogP contribution is 2.26. The third-order valence-electron chi connectivity index (χ3n) is 5.46. The van der Waals surface area contributed by atoms with Crippen LogP contribution in [0.25, 0.3) is 0 Å². The number of para-hydroxylation sites is 1. The number of carbonyl (C=O) groups is 1. The summed E-state index contributed by atoms with van der Waals surface area (Å²) in [5.74, 6) is 0.595. The van der Waals surface area contributed by atoms with Crippen molar-refractivity contribution in [2.45, 2.75) is 31.4 Å². The Bertz CT molecular complexity index is 773. The Balaban J connectivity index is 1.66. The van der Waals surface area contributed by atoms with Crippen LogP contribution in [0.15, 0.2) is 24.3 Å². The van der Waals surface area contributed by atoms with Crippen molar-refractivity contribution in [2.24, 2.45) is 0 Å². The molecule has 1 aromatic rings. The normalized spacial score (nSPS) is 22.4. The molecule has 27 heavy (non-hydrogen) atoms. The van der Waals surface area contributed by atoms with Gasteiger partial charge in [-0.2, -0.15) is 0 Å². The SMILES string of the molecule is CN(C)[C@H]1CCN(C(=O)c2ccccc2OC2CCN(S(C)(=O)=O)CC2)C1. The van der Waals surface area contributed by atoms with E-state index in [0.29, 0.717) is 43.3 Å². The van der Waals surface area contributed by atoms with Gasteiger partial charge in [0.15, 0.2) is 0 Å². The maximum Gasteiger partial charge on any atom is 0.257 e. The Hall–Kier alpha value is -1.64. The maximum absolute atomic E-state index is 13.0. The van der Waals surface area contributed by atoms with Crippen molar-refractivity contribution in [1.82, 2.24) is 14.1 Å². The number of piperidine rings is 1. The van der Waals surface area contributed by atoms with Crippen molar-refractivity contribution in [3.63, 3.8) is 0 Å². The number of rotatable bonds is 5. The van der Waals surface area contributed by atoms with Crippen molar-refractivity contribution in [3.05, 3.63) is 29.8 Å². The zero-order valence-electron chi connectivity index (χ0n) is 16.3. The second-order valence-electron chi connectivity index (χ2n) is 7.63. The van der Waals surface area contributed by atoms with Gasteiger partial charge in [-0.05, 0) is 45.5 Å². The highest BCUT2D eigenvalue weighted by atomic mass is 32.2. The minimum atomic E-state index is -3.15. The van der Waals surface area contributed by atoms with Gasteiger partial charge >= 0.3 is 0 Å². The van der Waals surface area contributed by atoms with Crippen molar-refractivity contribution < 1.29 is 17.9 Å². The average Bonchev–Trinajstić information content (AvgIpc) is 3.12. The largest absolute Gasteiger partial charge is 0.489 e. The lowest BCUT2D eigenvalue weighted by atomic mass is 10.1. The van der Waals surface area contributed by atoms with E-state index in [4.69, 9.17) is 4.74 Å². The first kappa shape index (κ1) is 20.1. The zero-order chi connectivity index (χ0) is 19.6. The Morgan fingerprint density at radius 1 is 1.11 bits per heavy atom. The molecule has 7 nitrogen and oxygen atoms in total. The van der Waals surface area contributed by atoms with Crippen LogP contribution in [0.1, 0.15) is 29.6 Å². The van der Waals surface area contributed by atoms with Gasteiger partial charge in [-0.3, -0.25) is 4.79 Å². The van der Waals surface area contributed by atoms with Gasteiger partial charge in [0.05, 0.1) is 11.8 Å². The predicted octanol–water partition coefficient (Wildman–Crippen LogP) is 1.27. The minimum absolute atomic E-state index is 0.00326. The Labute approximate surface area is 161 Å². The minimum Gasteiger partial charge on any atom is -0.489 e. The standard InChI is InChI=1S/C19H29N3O4S/c1-20(2)15-8-11-21(14-15)19(23)17-6-4-5-7-18(17)26-16-9-12-22(13-10-16)27(3,24)25/h4-7,15-16H,8-14H2,1-3H3/t15-/m0/s1. The van der Waals surface area contributed by atoms with E-state index in [9.17, 15) is 13.2 Å². The maximum atomic E-state index is 13.0. The molecule has 2 saturated heterocycles. The zero-order valence-corrected chi connectivity index (χ0v) is 17.1. The molecule has 1 aromatic carbocycles. The van der Waals surface area contributed by atoms with E-state index in [1.54, 1.807) is 0 Å². The summed E-state index contributed by atoms with van der Waals surface area (Å²) in [7, 11) is 0.926.